The molecule has 3 N–H and O–H groups in total. The Morgan fingerprint density at radius 3 is 2.60 bits per heavy atom. The Labute approximate surface area is 200 Å². The van der Waals surface area contributed by atoms with Crippen molar-refractivity contribution >= 4 is 21.7 Å². The number of piperazine rings is 1. The van der Waals surface area contributed by atoms with Gasteiger partial charge in [-0.15, -0.1) is 0 Å². The molecule has 1 atom stereocenters. The van der Waals surface area contributed by atoms with Crippen molar-refractivity contribution in [2.24, 2.45) is 0 Å². The summed E-state index contributed by atoms with van der Waals surface area (Å²) in [6.07, 6.45) is -4.67. The van der Waals surface area contributed by atoms with E-state index in [9.17, 15) is 26.7 Å². The van der Waals surface area contributed by atoms with Crippen LogP contribution in [0.3, 0.4) is 0 Å². The summed E-state index contributed by atoms with van der Waals surface area (Å²) >= 11 is 0. The average molecular weight is 508 g/mol. The quantitative estimate of drug-likeness (QED) is 0.471. The molecule has 8 nitrogen and oxygen atoms in total. The third kappa shape index (κ3) is 5.55. The van der Waals surface area contributed by atoms with E-state index in [0.29, 0.717) is 31.0 Å². The highest BCUT2D eigenvalue weighted by Gasteiger charge is 2.35. The summed E-state index contributed by atoms with van der Waals surface area (Å²) in [5.41, 5.74) is -0.518. The van der Waals surface area contributed by atoms with Crippen molar-refractivity contribution < 1.29 is 26.7 Å². The predicted octanol–water partition coefficient (Wildman–Crippen LogP) is 3.04. The van der Waals surface area contributed by atoms with Crippen molar-refractivity contribution in [2.45, 2.75) is 24.2 Å². The molecule has 12 heteroatoms. The van der Waals surface area contributed by atoms with E-state index in [1.807, 2.05) is 4.90 Å². The molecule has 3 heterocycles. The Hall–Kier alpha value is -3.22. The minimum Gasteiger partial charge on any atom is -0.395 e. The maximum absolute atomic E-state index is 13.7. The first-order valence-electron chi connectivity index (χ1n) is 10.8. The van der Waals surface area contributed by atoms with E-state index in [2.05, 4.69) is 20.0 Å². The lowest BCUT2D eigenvalue weighted by Gasteiger charge is -2.33. The van der Waals surface area contributed by atoms with Crippen molar-refractivity contribution in [3.63, 3.8) is 0 Å². The Morgan fingerprint density at radius 1 is 1.11 bits per heavy atom. The smallest absolute Gasteiger partial charge is 0.395 e. The number of benzene rings is 1. The van der Waals surface area contributed by atoms with Crippen LogP contribution in [0.25, 0.3) is 11.3 Å². The molecule has 0 unspecified atom stereocenters. The van der Waals surface area contributed by atoms with Crippen molar-refractivity contribution in [1.29, 1.82) is 0 Å². The lowest BCUT2D eigenvalue weighted by atomic mass is 10.0. The van der Waals surface area contributed by atoms with Crippen LogP contribution in [0.5, 0.6) is 0 Å². The minimum atomic E-state index is -4.67. The zero-order valence-corrected chi connectivity index (χ0v) is 19.6. The van der Waals surface area contributed by atoms with Gasteiger partial charge >= 0.3 is 6.18 Å². The molecule has 35 heavy (non-hydrogen) atoms. The second kappa shape index (κ2) is 9.80. The van der Waals surface area contributed by atoms with Gasteiger partial charge in [-0.25, -0.2) is 9.97 Å². The SMILES string of the molecule is Cc1ccccc1-c1nc(NS(=O)(=O)c2cccc(N3CCN[C@@H](CO)C3)n2)ccc1C(F)(F)F. The van der Waals surface area contributed by atoms with E-state index >= 15 is 0 Å². The van der Waals surface area contributed by atoms with Crippen LogP contribution in [0.4, 0.5) is 24.8 Å². The van der Waals surface area contributed by atoms with Gasteiger partial charge in [0.25, 0.3) is 10.0 Å². The zero-order valence-electron chi connectivity index (χ0n) is 18.7. The van der Waals surface area contributed by atoms with E-state index < -0.39 is 21.8 Å². The molecule has 0 amide bonds. The lowest BCUT2D eigenvalue weighted by Crippen LogP contribution is -2.52. The maximum Gasteiger partial charge on any atom is 0.418 e. The Kier molecular flexibility index (Phi) is 6.97. The van der Waals surface area contributed by atoms with Gasteiger partial charge in [0.05, 0.1) is 17.9 Å². The number of aliphatic hydroxyl groups is 1. The predicted molar refractivity (Wildman–Crippen MR) is 126 cm³/mol. The van der Waals surface area contributed by atoms with Crippen LogP contribution in [-0.2, 0) is 16.2 Å². The number of hydrogen-bond donors (Lipinski definition) is 3. The first kappa shape index (κ1) is 24.9. The molecule has 1 aromatic carbocycles. The van der Waals surface area contributed by atoms with E-state index in [0.717, 1.165) is 12.1 Å². The number of nitrogens with one attached hydrogen (secondary N) is 2. The number of aliphatic hydroxyl groups excluding tert-OH is 1. The summed E-state index contributed by atoms with van der Waals surface area (Å²) in [5, 5.41) is 12.2. The summed E-state index contributed by atoms with van der Waals surface area (Å²) in [4.78, 5) is 10.1. The van der Waals surface area contributed by atoms with Crippen molar-refractivity contribution in [1.82, 2.24) is 15.3 Å². The number of aromatic nitrogens is 2. The molecule has 1 aliphatic rings. The summed E-state index contributed by atoms with van der Waals surface area (Å²) < 4.78 is 69.3. The molecule has 1 saturated heterocycles. The van der Waals surface area contributed by atoms with Gasteiger partial charge in [0.2, 0.25) is 0 Å². The van der Waals surface area contributed by atoms with Crippen LogP contribution in [0, 0.1) is 6.92 Å². The third-order valence-electron chi connectivity index (χ3n) is 5.62. The summed E-state index contributed by atoms with van der Waals surface area (Å²) in [6, 6.07) is 12.6. The standard InChI is InChI=1S/C23H24F3N5O3S/c1-15-5-2-3-6-17(15)22-18(23(24,25)26)9-10-19(28-22)30-35(33,34)21-8-4-7-20(29-21)31-12-11-27-16(13-31)14-32/h2-10,16,27,32H,11-14H2,1H3,(H,28,30)/t16-/m1/s1. The molecule has 3 aromatic rings. The highest BCUT2D eigenvalue weighted by molar-refractivity contribution is 7.92. The first-order valence-corrected chi connectivity index (χ1v) is 12.3. The second-order valence-corrected chi connectivity index (χ2v) is 9.75. The number of hydrogen-bond acceptors (Lipinski definition) is 7. The highest BCUT2D eigenvalue weighted by Crippen LogP contribution is 2.38. The number of halogens is 3. The molecule has 0 radical (unpaired) electrons. The first-order chi connectivity index (χ1) is 16.6. The van der Waals surface area contributed by atoms with Crippen molar-refractivity contribution in [3.05, 3.63) is 65.7 Å². The van der Waals surface area contributed by atoms with Crippen molar-refractivity contribution in [3.8, 4) is 11.3 Å². The Balaban J connectivity index is 1.66. The topological polar surface area (TPSA) is 107 Å². The molecule has 186 valence electrons. The number of alkyl halides is 3. The fourth-order valence-corrected chi connectivity index (χ4v) is 4.83. The van der Waals surface area contributed by atoms with Crippen LogP contribution in [0.2, 0.25) is 0 Å². The van der Waals surface area contributed by atoms with Crippen LogP contribution in [-0.4, -0.2) is 55.8 Å². The maximum atomic E-state index is 13.7. The van der Waals surface area contributed by atoms with Crippen LogP contribution in [0.1, 0.15) is 11.1 Å². The van der Waals surface area contributed by atoms with E-state index in [1.165, 1.54) is 18.2 Å². The van der Waals surface area contributed by atoms with Gasteiger partial charge < -0.3 is 15.3 Å². The van der Waals surface area contributed by atoms with E-state index in [-0.39, 0.29) is 34.7 Å². The minimum absolute atomic E-state index is 0.0706. The molecule has 2 aromatic heterocycles. The number of nitrogens with zero attached hydrogens (tertiary/aromatic N) is 3. The van der Waals surface area contributed by atoms with Gasteiger partial charge in [-0.3, -0.25) is 4.72 Å². The van der Waals surface area contributed by atoms with Gasteiger partial charge in [0.1, 0.15) is 11.6 Å². The number of sulfonamides is 1. The van der Waals surface area contributed by atoms with Crippen molar-refractivity contribution in [2.75, 3.05) is 35.9 Å². The zero-order chi connectivity index (χ0) is 25.2. The number of rotatable bonds is 6. The van der Waals surface area contributed by atoms with Crippen LogP contribution in [0.15, 0.2) is 59.6 Å². The van der Waals surface area contributed by atoms with Gasteiger partial charge in [0.15, 0.2) is 5.03 Å². The molecule has 1 aliphatic heterocycles. The summed E-state index contributed by atoms with van der Waals surface area (Å²) in [6.45, 7) is 3.19. The fourth-order valence-electron chi connectivity index (χ4n) is 3.86. The third-order valence-corrected chi connectivity index (χ3v) is 6.88. The number of aryl methyl sites for hydroxylation is 1. The number of pyridine rings is 2. The largest absolute Gasteiger partial charge is 0.418 e. The molecule has 0 saturated carbocycles. The molecular formula is C23H24F3N5O3S. The van der Waals surface area contributed by atoms with Crippen LogP contribution >= 0.6 is 0 Å². The normalized spacial score (nSPS) is 16.8. The lowest BCUT2D eigenvalue weighted by molar-refractivity contribution is -0.137. The monoisotopic (exact) mass is 507 g/mol. The number of anilines is 2. The summed E-state index contributed by atoms with van der Waals surface area (Å²) in [7, 11) is -4.25. The second-order valence-electron chi connectivity index (χ2n) is 8.12. The van der Waals surface area contributed by atoms with E-state index in [1.54, 1.807) is 31.2 Å². The molecule has 4 rings (SSSR count). The van der Waals surface area contributed by atoms with Gasteiger partial charge in [-0.05, 0) is 36.8 Å². The molecule has 0 aliphatic carbocycles. The fraction of sp³-hybridized carbons (Fsp3) is 0.304. The molecule has 0 spiro atoms. The van der Waals surface area contributed by atoms with Gasteiger partial charge in [-0.1, -0.05) is 30.3 Å². The van der Waals surface area contributed by atoms with E-state index in [4.69, 9.17) is 0 Å². The Bertz CT molecular complexity index is 1320. The molecular weight excluding hydrogens is 483 g/mol. The Morgan fingerprint density at radius 2 is 1.89 bits per heavy atom. The summed E-state index contributed by atoms with van der Waals surface area (Å²) in [5.74, 6) is 0.153. The van der Waals surface area contributed by atoms with Crippen LogP contribution < -0.4 is 14.9 Å². The molecule has 1 fully saturated rings. The highest BCUT2D eigenvalue weighted by atomic mass is 32.2. The van der Waals surface area contributed by atoms with Gasteiger partial charge in [0, 0.05) is 31.2 Å². The average Bonchev–Trinajstić information content (AvgIpc) is 2.83. The van der Waals surface area contributed by atoms with Gasteiger partial charge in [-0.2, -0.15) is 21.6 Å². The molecule has 0 bridgehead atoms.